The Hall–Kier alpha value is -5.24. The number of hydrogen-bond donors (Lipinski definition) is 1. The van der Waals surface area contributed by atoms with Crippen LogP contribution in [0.2, 0.25) is 0 Å². The summed E-state index contributed by atoms with van der Waals surface area (Å²) in [5.41, 5.74) is 4.42. The lowest BCUT2D eigenvalue weighted by Gasteiger charge is -2.40. The van der Waals surface area contributed by atoms with Gasteiger partial charge in [-0.1, -0.05) is 6.07 Å². The number of aromatic nitrogens is 6. The van der Waals surface area contributed by atoms with Crippen LogP contribution in [-0.4, -0.2) is 60.3 Å². The molecule has 0 bridgehead atoms. The topological polar surface area (TPSA) is 126 Å². The number of carbonyl (C=O) groups excluding carboxylic acids is 1. The van der Waals surface area contributed by atoms with E-state index in [1.54, 1.807) is 40.2 Å². The molecule has 1 fully saturated rings. The Morgan fingerprint density at radius 1 is 1.19 bits per heavy atom. The van der Waals surface area contributed by atoms with Crippen molar-refractivity contribution in [2.24, 2.45) is 7.05 Å². The molecule has 212 valence electrons. The van der Waals surface area contributed by atoms with E-state index in [4.69, 9.17) is 9.72 Å². The molecule has 1 aliphatic rings. The molecule has 0 saturated carbocycles. The first-order chi connectivity index (χ1) is 20.5. The van der Waals surface area contributed by atoms with E-state index in [2.05, 4.69) is 31.4 Å². The highest BCUT2D eigenvalue weighted by Crippen LogP contribution is 2.32. The number of nitriles is 1. The highest BCUT2D eigenvalue weighted by atomic mass is 16.5. The number of piperidine rings is 1. The molecule has 0 radical (unpaired) electrons. The van der Waals surface area contributed by atoms with Gasteiger partial charge in [0.25, 0.3) is 5.91 Å². The molecule has 5 aromatic heterocycles. The molecule has 5 aromatic rings. The zero-order chi connectivity index (χ0) is 29.1. The molecular formula is C31H31N9O2. The van der Waals surface area contributed by atoms with Gasteiger partial charge in [0.1, 0.15) is 23.3 Å². The van der Waals surface area contributed by atoms with Crippen molar-refractivity contribution in [1.29, 1.82) is 5.26 Å². The van der Waals surface area contributed by atoms with Gasteiger partial charge in [-0.25, -0.2) is 14.5 Å². The summed E-state index contributed by atoms with van der Waals surface area (Å²) in [6, 6.07) is 14.2. The largest absolute Gasteiger partial charge is 0.492 e. The smallest absolute Gasteiger partial charge is 0.269 e. The van der Waals surface area contributed by atoms with Crippen LogP contribution in [0.15, 0.2) is 73.7 Å². The monoisotopic (exact) mass is 561 g/mol. The number of pyridine rings is 3. The first-order valence-corrected chi connectivity index (χ1v) is 14.0. The van der Waals surface area contributed by atoms with Crippen molar-refractivity contribution in [2.45, 2.75) is 38.3 Å². The van der Waals surface area contributed by atoms with E-state index in [1.165, 1.54) is 0 Å². The number of nitrogens with zero attached hydrogens (tertiary/aromatic N) is 8. The molecule has 0 aromatic carbocycles. The highest BCUT2D eigenvalue weighted by Gasteiger charge is 2.31. The van der Waals surface area contributed by atoms with Crippen molar-refractivity contribution in [1.82, 2.24) is 34.4 Å². The van der Waals surface area contributed by atoms with Crippen LogP contribution in [-0.2, 0) is 13.5 Å². The van der Waals surface area contributed by atoms with Crippen molar-refractivity contribution in [3.8, 4) is 22.9 Å². The summed E-state index contributed by atoms with van der Waals surface area (Å²) >= 11 is 0. The van der Waals surface area contributed by atoms with Crippen LogP contribution in [0.25, 0.3) is 16.6 Å². The third-order valence-electron chi connectivity index (χ3n) is 7.64. The van der Waals surface area contributed by atoms with Gasteiger partial charge in [-0.2, -0.15) is 10.4 Å². The second-order valence-electron chi connectivity index (χ2n) is 10.3. The fraction of sp³-hybridized carbons (Fsp3) is 0.290. The first-order valence-electron chi connectivity index (χ1n) is 14.0. The van der Waals surface area contributed by atoms with Gasteiger partial charge in [0, 0.05) is 61.3 Å². The standard InChI is InChI=1S/C31H31N9O2/c1-3-42-26-14-27(30-22(15-32)17-36-40(30)19-26)21-7-8-29(35-16-21)39-11-9-24(37-31(41)28-18-33-20-38(28)2)13-25(39)12-23-6-4-5-10-34-23/h4-8,10,14,16-20,24-25H,3,9,11-13H2,1-2H3,(H,37,41). The van der Waals surface area contributed by atoms with E-state index in [0.717, 1.165) is 48.4 Å². The quantitative estimate of drug-likeness (QED) is 0.303. The summed E-state index contributed by atoms with van der Waals surface area (Å²) in [6.07, 6.45) is 12.5. The van der Waals surface area contributed by atoms with Gasteiger partial charge in [-0.3, -0.25) is 9.78 Å². The van der Waals surface area contributed by atoms with Gasteiger partial charge in [0.2, 0.25) is 0 Å². The minimum atomic E-state index is -0.121. The average Bonchev–Trinajstić information content (AvgIpc) is 3.64. The van der Waals surface area contributed by atoms with Gasteiger partial charge >= 0.3 is 0 Å². The lowest BCUT2D eigenvalue weighted by Crippen LogP contribution is -2.51. The molecule has 0 aliphatic carbocycles. The van der Waals surface area contributed by atoms with E-state index in [9.17, 15) is 10.1 Å². The van der Waals surface area contributed by atoms with E-state index < -0.39 is 0 Å². The maximum atomic E-state index is 12.9. The lowest BCUT2D eigenvalue weighted by atomic mass is 9.93. The van der Waals surface area contributed by atoms with Gasteiger partial charge in [0.15, 0.2) is 0 Å². The number of anilines is 1. The molecule has 0 spiro atoms. The Morgan fingerprint density at radius 2 is 2.10 bits per heavy atom. The molecule has 2 atom stereocenters. The third kappa shape index (κ3) is 5.39. The van der Waals surface area contributed by atoms with Crippen LogP contribution < -0.4 is 15.0 Å². The summed E-state index contributed by atoms with van der Waals surface area (Å²) in [5, 5.41) is 17.2. The maximum Gasteiger partial charge on any atom is 0.269 e. The minimum absolute atomic E-state index is 0.0116. The van der Waals surface area contributed by atoms with Crippen LogP contribution >= 0.6 is 0 Å². The normalized spacial score (nSPS) is 16.7. The van der Waals surface area contributed by atoms with E-state index >= 15 is 0 Å². The van der Waals surface area contributed by atoms with Crippen molar-refractivity contribution < 1.29 is 9.53 Å². The predicted molar refractivity (Wildman–Crippen MR) is 157 cm³/mol. The minimum Gasteiger partial charge on any atom is -0.492 e. The van der Waals surface area contributed by atoms with Crippen LogP contribution in [0.4, 0.5) is 5.82 Å². The zero-order valence-corrected chi connectivity index (χ0v) is 23.5. The maximum absolute atomic E-state index is 12.9. The first kappa shape index (κ1) is 27.0. The number of aryl methyl sites for hydroxylation is 1. The predicted octanol–water partition coefficient (Wildman–Crippen LogP) is 3.81. The molecule has 42 heavy (non-hydrogen) atoms. The molecule has 6 heterocycles. The van der Waals surface area contributed by atoms with E-state index in [-0.39, 0.29) is 18.0 Å². The van der Waals surface area contributed by atoms with E-state index in [0.29, 0.717) is 29.1 Å². The number of imidazole rings is 1. The van der Waals surface area contributed by atoms with Gasteiger partial charge in [-0.15, -0.1) is 0 Å². The number of carbonyl (C=O) groups is 1. The number of fused-ring (bicyclic) bond motifs is 1. The molecule has 2 unspecified atom stereocenters. The fourth-order valence-electron chi connectivity index (χ4n) is 5.63. The van der Waals surface area contributed by atoms with E-state index in [1.807, 2.05) is 56.6 Å². The van der Waals surface area contributed by atoms with Gasteiger partial charge in [-0.05, 0) is 50.1 Å². The molecule has 6 rings (SSSR count). The second-order valence-corrected chi connectivity index (χ2v) is 10.3. The number of amides is 1. The van der Waals surface area contributed by atoms with Crippen molar-refractivity contribution in [3.63, 3.8) is 0 Å². The number of ether oxygens (including phenoxy) is 1. The molecule has 1 N–H and O–H groups in total. The van der Waals surface area contributed by atoms with Crippen LogP contribution in [0.5, 0.6) is 5.75 Å². The Labute approximate surface area is 243 Å². The Balaban J connectivity index is 1.28. The summed E-state index contributed by atoms with van der Waals surface area (Å²) in [5.74, 6) is 1.40. The van der Waals surface area contributed by atoms with Crippen LogP contribution in [0.3, 0.4) is 0 Å². The molecule has 11 heteroatoms. The summed E-state index contributed by atoms with van der Waals surface area (Å²) in [6.45, 7) is 3.18. The third-order valence-corrected chi connectivity index (χ3v) is 7.64. The molecule has 11 nitrogen and oxygen atoms in total. The Kier molecular flexibility index (Phi) is 7.51. The summed E-state index contributed by atoms with van der Waals surface area (Å²) < 4.78 is 9.17. The number of nitrogens with one attached hydrogen (secondary N) is 1. The molecule has 1 aliphatic heterocycles. The molecular weight excluding hydrogens is 530 g/mol. The van der Waals surface area contributed by atoms with Crippen molar-refractivity contribution >= 4 is 17.2 Å². The number of rotatable bonds is 8. The summed E-state index contributed by atoms with van der Waals surface area (Å²) in [7, 11) is 1.82. The van der Waals surface area contributed by atoms with Gasteiger partial charge < -0.3 is 19.5 Å². The molecule has 1 saturated heterocycles. The summed E-state index contributed by atoms with van der Waals surface area (Å²) in [4.78, 5) is 28.7. The SMILES string of the molecule is CCOc1cc(-c2ccc(N3CCC(NC(=O)c4cncn4C)CC3Cc3ccccn3)nc2)c2c(C#N)cnn2c1. The van der Waals surface area contributed by atoms with Crippen molar-refractivity contribution in [2.75, 3.05) is 18.1 Å². The Morgan fingerprint density at radius 3 is 2.81 bits per heavy atom. The Bertz CT molecular complexity index is 1740. The van der Waals surface area contributed by atoms with Crippen LogP contribution in [0.1, 0.15) is 41.5 Å². The molecule has 1 amide bonds. The average molecular weight is 562 g/mol. The lowest BCUT2D eigenvalue weighted by molar-refractivity contribution is 0.0919. The zero-order valence-electron chi connectivity index (χ0n) is 23.5. The fourth-order valence-corrected chi connectivity index (χ4v) is 5.63. The van der Waals surface area contributed by atoms with Crippen molar-refractivity contribution in [3.05, 3.63) is 90.7 Å². The van der Waals surface area contributed by atoms with Crippen LogP contribution in [0, 0.1) is 11.3 Å². The second kappa shape index (κ2) is 11.7. The highest BCUT2D eigenvalue weighted by molar-refractivity contribution is 5.92. The van der Waals surface area contributed by atoms with Gasteiger partial charge in [0.05, 0.1) is 42.6 Å². The number of hydrogen-bond acceptors (Lipinski definition) is 8.